The van der Waals surface area contributed by atoms with Gasteiger partial charge in [0.15, 0.2) is 23.0 Å². The quantitative estimate of drug-likeness (QED) is 0.156. The second-order valence-corrected chi connectivity index (χ2v) is 10.6. The molecule has 1 saturated carbocycles. The molecule has 0 unspecified atom stereocenters. The largest absolute Gasteiger partial charge is 0.490 e. The van der Waals surface area contributed by atoms with Gasteiger partial charge >= 0.3 is 0 Å². The molecule has 0 amide bonds. The van der Waals surface area contributed by atoms with Gasteiger partial charge in [-0.15, -0.1) is 6.58 Å². The third kappa shape index (κ3) is 5.75. The van der Waals surface area contributed by atoms with Crippen LogP contribution in [0.25, 0.3) is 10.9 Å². The lowest BCUT2D eigenvalue weighted by molar-refractivity contribution is 0.174. The Kier molecular flexibility index (Phi) is 8.21. The Bertz CT molecular complexity index is 1690. The van der Waals surface area contributed by atoms with Gasteiger partial charge in [-0.05, 0) is 73.7 Å². The predicted octanol–water partition coefficient (Wildman–Crippen LogP) is 6.76. The summed E-state index contributed by atoms with van der Waals surface area (Å²) in [7, 11) is 0. The summed E-state index contributed by atoms with van der Waals surface area (Å²) in [6.07, 6.45) is 9.61. The van der Waals surface area contributed by atoms with Crippen molar-refractivity contribution < 1.29 is 18.9 Å². The highest BCUT2D eigenvalue weighted by Gasteiger charge is 2.23. The molecule has 0 atom stereocenters. The van der Waals surface area contributed by atoms with Crippen molar-refractivity contribution in [2.24, 2.45) is 5.10 Å². The lowest BCUT2D eigenvalue weighted by atomic mass is 9.88. The maximum atomic E-state index is 13.6. The van der Waals surface area contributed by atoms with Gasteiger partial charge in [-0.2, -0.15) is 9.78 Å². The third-order valence-electron chi connectivity index (χ3n) is 7.71. The number of ether oxygens (including phenoxy) is 4. The molecule has 0 bridgehead atoms. The number of para-hydroxylation sites is 1. The van der Waals surface area contributed by atoms with Crippen LogP contribution in [-0.2, 0) is 13.0 Å². The fourth-order valence-electron chi connectivity index (χ4n) is 5.68. The standard InChI is InChI=1S/C34H35N3O5/c1-3-10-26-17-24(19-31(39-4-2)32(26)40-21-23-15-16-29-30(18-23)42-22-41-29)20-35-37-33(25-11-6-5-7-12-25)36-28-14-9-8-13-27(28)34(37)38/h3,8-9,13-20,25H,1,4-7,10-12,21-22H2,2H3. The third-order valence-corrected chi connectivity index (χ3v) is 7.71. The average Bonchev–Trinajstić information content (AvgIpc) is 3.49. The van der Waals surface area contributed by atoms with E-state index in [1.807, 2.05) is 67.6 Å². The fourth-order valence-corrected chi connectivity index (χ4v) is 5.68. The Morgan fingerprint density at radius 3 is 2.71 bits per heavy atom. The van der Waals surface area contributed by atoms with Gasteiger partial charge in [-0.1, -0.05) is 43.5 Å². The minimum atomic E-state index is -0.155. The van der Waals surface area contributed by atoms with Crippen molar-refractivity contribution in [2.75, 3.05) is 13.4 Å². The van der Waals surface area contributed by atoms with Gasteiger partial charge < -0.3 is 18.9 Å². The topological polar surface area (TPSA) is 84.2 Å². The first-order valence-electron chi connectivity index (χ1n) is 14.6. The van der Waals surface area contributed by atoms with E-state index in [4.69, 9.17) is 29.0 Å². The molecule has 4 aromatic rings. The molecule has 1 aliphatic heterocycles. The molecule has 42 heavy (non-hydrogen) atoms. The molecular weight excluding hydrogens is 530 g/mol. The first-order chi connectivity index (χ1) is 20.6. The van der Waals surface area contributed by atoms with Gasteiger partial charge in [0.05, 0.1) is 23.7 Å². The van der Waals surface area contributed by atoms with Crippen LogP contribution in [0.3, 0.4) is 0 Å². The molecule has 216 valence electrons. The van der Waals surface area contributed by atoms with Crippen LogP contribution >= 0.6 is 0 Å². The summed E-state index contributed by atoms with van der Waals surface area (Å²) in [5, 5.41) is 5.29. The van der Waals surface area contributed by atoms with Gasteiger partial charge in [0.25, 0.3) is 5.56 Å². The molecule has 0 N–H and O–H groups in total. The summed E-state index contributed by atoms with van der Waals surface area (Å²) in [5.41, 5.74) is 3.22. The van der Waals surface area contributed by atoms with Crippen molar-refractivity contribution in [3.63, 3.8) is 0 Å². The second kappa shape index (κ2) is 12.5. The van der Waals surface area contributed by atoms with Crippen molar-refractivity contribution >= 4 is 17.1 Å². The molecule has 1 aromatic heterocycles. The van der Waals surface area contributed by atoms with Gasteiger partial charge in [-0.25, -0.2) is 4.98 Å². The average molecular weight is 566 g/mol. The molecule has 8 nitrogen and oxygen atoms in total. The number of benzene rings is 3. The Morgan fingerprint density at radius 1 is 1.05 bits per heavy atom. The Balaban J connectivity index is 1.35. The van der Waals surface area contributed by atoms with E-state index in [-0.39, 0.29) is 18.3 Å². The zero-order valence-corrected chi connectivity index (χ0v) is 23.9. The summed E-state index contributed by atoms with van der Waals surface area (Å²) in [6, 6.07) is 17.2. The SMILES string of the molecule is C=CCc1cc(C=Nn2c(C3CCCCC3)nc3ccccc3c2=O)cc(OCC)c1OCc1ccc2c(c1)OCO2. The molecule has 2 heterocycles. The maximum Gasteiger partial charge on any atom is 0.282 e. The van der Waals surface area contributed by atoms with Crippen molar-refractivity contribution in [1.29, 1.82) is 0 Å². The predicted molar refractivity (Wildman–Crippen MR) is 163 cm³/mol. The van der Waals surface area contributed by atoms with E-state index < -0.39 is 0 Å². The second-order valence-electron chi connectivity index (χ2n) is 10.6. The number of aromatic nitrogens is 2. The Labute approximate surface area is 245 Å². The molecule has 0 saturated heterocycles. The number of hydrogen-bond acceptors (Lipinski definition) is 7. The molecule has 2 aliphatic rings. The molecule has 6 rings (SSSR count). The van der Waals surface area contributed by atoms with Crippen molar-refractivity contribution in [2.45, 2.75) is 58.0 Å². The number of hydrogen-bond donors (Lipinski definition) is 0. The van der Waals surface area contributed by atoms with E-state index in [9.17, 15) is 4.79 Å². The number of allylic oxidation sites excluding steroid dienone is 1. The van der Waals surface area contributed by atoms with Gasteiger partial charge in [0.1, 0.15) is 12.4 Å². The van der Waals surface area contributed by atoms with E-state index in [0.717, 1.165) is 53.9 Å². The molecule has 0 spiro atoms. The summed E-state index contributed by atoms with van der Waals surface area (Å²) >= 11 is 0. The highest BCUT2D eigenvalue weighted by molar-refractivity contribution is 5.82. The van der Waals surface area contributed by atoms with Crippen LogP contribution in [0.5, 0.6) is 23.0 Å². The smallest absolute Gasteiger partial charge is 0.282 e. The van der Waals surface area contributed by atoms with Crippen molar-refractivity contribution in [1.82, 2.24) is 9.66 Å². The van der Waals surface area contributed by atoms with E-state index in [1.54, 1.807) is 6.21 Å². The normalized spacial score (nSPS) is 14.9. The summed E-state index contributed by atoms with van der Waals surface area (Å²) < 4.78 is 24.8. The monoisotopic (exact) mass is 565 g/mol. The molecule has 8 heteroatoms. The summed E-state index contributed by atoms with van der Waals surface area (Å²) in [6.45, 7) is 6.90. The van der Waals surface area contributed by atoms with Crippen molar-refractivity contribution in [3.8, 4) is 23.0 Å². The van der Waals surface area contributed by atoms with Crippen LogP contribution in [0, 0.1) is 0 Å². The van der Waals surface area contributed by atoms with Crippen molar-refractivity contribution in [3.05, 3.63) is 100 Å². The summed E-state index contributed by atoms with van der Waals surface area (Å²) in [4.78, 5) is 18.6. The highest BCUT2D eigenvalue weighted by atomic mass is 16.7. The van der Waals surface area contributed by atoms with Crippen LogP contribution < -0.4 is 24.5 Å². The van der Waals surface area contributed by atoms with E-state index >= 15 is 0 Å². The lowest BCUT2D eigenvalue weighted by Crippen LogP contribution is -2.25. The van der Waals surface area contributed by atoms with Crippen LogP contribution in [0.15, 0.2) is 77.1 Å². The van der Waals surface area contributed by atoms with Gasteiger partial charge in [-0.3, -0.25) is 4.79 Å². The molecular formula is C34H35N3O5. The van der Waals surface area contributed by atoms with E-state index in [1.165, 1.54) is 11.1 Å². The van der Waals surface area contributed by atoms with Gasteiger partial charge in [0, 0.05) is 11.5 Å². The van der Waals surface area contributed by atoms with Crippen LogP contribution in [0.1, 0.15) is 67.5 Å². The zero-order chi connectivity index (χ0) is 28.9. The van der Waals surface area contributed by atoms with Crippen LogP contribution in [0.4, 0.5) is 0 Å². The minimum absolute atomic E-state index is 0.155. The highest BCUT2D eigenvalue weighted by Crippen LogP contribution is 2.36. The Morgan fingerprint density at radius 2 is 1.88 bits per heavy atom. The fraction of sp³-hybridized carbons (Fsp3) is 0.324. The maximum absolute atomic E-state index is 13.6. The lowest BCUT2D eigenvalue weighted by Gasteiger charge is -2.22. The van der Waals surface area contributed by atoms with Gasteiger partial charge in [0.2, 0.25) is 6.79 Å². The van der Waals surface area contributed by atoms with Crippen LogP contribution in [0.2, 0.25) is 0 Å². The summed E-state index contributed by atoms with van der Waals surface area (Å²) in [5.74, 6) is 3.64. The molecule has 1 fully saturated rings. The Hall–Kier alpha value is -4.59. The first kappa shape index (κ1) is 27.6. The van der Waals surface area contributed by atoms with E-state index in [0.29, 0.717) is 47.8 Å². The molecule has 1 aliphatic carbocycles. The number of rotatable bonds is 10. The van der Waals surface area contributed by atoms with Crippen LogP contribution in [-0.4, -0.2) is 29.3 Å². The zero-order valence-electron chi connectivity index (χ0n) is 23.9. The van der Waals surface area contributed by atoms with E-state index in [2.05, 4.69) is 6.58 Å². The number of fused-ring (bicyclic) bond motifs is 2. The molecule has 0 radical (unpaired) electrons. The number of nitrogens with zero attached hydrogens (tertiary/aromatic N) is 3. The first-order valence-corrected chi connectivity index (χ1v) is 14.6. The molecule has 3 aromatic carbocycles. The minimum Gasteiger partial charge on any atom is -0.490 e.